The molecule has 0 aliphatic heterocycles. The topological polar surface area (TPSA) is 99.4 Å². The summed E-state index contributed by atoms with van der Waals surface area (Å²) in [6.45, 7) is 0.624. The van der Waals surface area contributed by atoms with Crippen LogP contribution in [0.3, 0.4) is 0 Å². The molecule has 0 saturated carbocycles. The maximum atomic E-state index is 12.3. The van der Waals surface area contributed by atoms with Crippen LogP contribution in [0.1, 0.15) is 22.6 Å². The number of benzene rings is 3. The fraction of sp³-hybridized carbons (Fsp3) is 0.179. The maximum absolute atomic E-state index is 12.3. The third kappa shape index (κ3) is 6.01. The Morgan fingerprint density at radius 3 is 2.50 bits per heavy atom. The second-order valence-corrected chi connectivity index (χ2v) is 9.05. The van der Waals surface area contributed by atoms with Crippen LogP contribution < -0.4 is 20.5 Å². The van der Waals surface area contributed by atoms with Gasteiger partial charge in [0, 0.05) is 22.8 Å². The molecule has 1 aromatic heterocycles. The minimum absolute atomic E-state index is 0.401. The molecule has 0 spiro atoms. The molecule has 1 atom stereocenters. The number of carbonyl (C=O) groups is 1. The molecule has 0 bridgehead atoms. The molecule has 0 saturated heterocycles. The lowest BCUT2D eigenvalue weighted by atomic mass is 9.90. The Bertz CT molecular complexity index is 1340. The van der Waals surface area contributed by atoms with Crippen LogP contribution in [0.4, 0.5) is 5.95 Å². The molecule has 3 aromatic carbocycles. The standard InChI is InChI=1S/C28H27BrN4O3/c1-35-23-10-11-25(36-2)20(17-23)12-14-31-28-32-15-13-24(33-28)18-6-8-19(9-7-18)26(27(30)34)21-4-3-5-22(29)16-21/h3-11,13,15-17,26H,12,14H2,1-2H3,(H2,30,34)(H,31,32,33). The zero-order valence-corrected chi connectivity index (χ0v) is 21.7. The Balaban J connectivity index is 1.47. The van der Waals surface area contributed by atoms with Gasteiger partial charge in [0.25, 0.3) is 0 Å². The number of anilines is 1. The summed E-state index contributed by atoms with van der Waals surface area (Å²) in [5, 5.41) is 3.28. The van der Waals surface area contributed by atoms with Crippen LogP contribution in [0, 0.1) is 0 Å². The average molecular weight is 547 g/mol. The number of primary amides is 1. The van der Waals surface area contributed by atoms with E-state index in [1.807, 2.05) is 72.8 Å². The van der Waals surface area contributed by atoms with E-state index >= 15 is 0 Å². The summed E-state index contributed by atoms with van der Waals surface area (Å²) in [4.78, 5) is 21.3. The van der Waals surface area contributed by atoms with Crippen molar-refractivity contribution in [2.24, 2.45) is 5.73 Å². The third-order valence-electron chi connectivity index (χ3n) is 5.83. The summed E-state index contributed by atoms with van der Waals surface area (Å²) in [5.41, 5.74) is 10.1. The van der Waals surface area contributed by atoms with E-state index in [0.717, 1.165) is 43.9 Å². The quantitative estimate of drug-likeness (QED) is 0.283. The molecule has 1 amide bonds. The smallest absolute Gasteiger partial charge is 0.229 e. The minimum Gasteiger partial charge on any atom is -0.497 e. The van der Waals surface area contributed by atoms with Crippen molar-refractivity contribution in [2.45, 2.75) is 12.3 Å². The molecule has 7 nitrogen and oxygen atoms in total. The van der Waals surface area contributed by atoms with Crippen molar-refractivity contribution in [3.05, 3.63) is 100 Å². The fourth-order valence-corrected chi connectivity index (χ4v) is 4.46. The molecule has 1 heterocycles. The van der Waals surface area contributed by atoms with E-state index in [2.05, 4.69) is 31.2 Å². The van der Waals surface area contributed by atoms with Crippen molar-refractivity contribution in [2.75, 3.05) is 26.1 Å². The highest BCUT2D eigenvalue weighted by Crippen LogP contribution is 2.29. The highest BCUT2D eigenvalue weighted by Gasteiger charge is 2.20. The number of nitrogens with zero attached hydrogens (tertiary/aromatic N) is 2. The largest absolute Gasteiger partial charge is 0.497 e. The van der Waals surface area contributed by atoms with Crippen LogP contribution >= 0.6 is 15.9 Å². The molecule has 36 heavy (non-hydrogen) atoms. The van der Waals surface area contributed by atoms with Crippen molar-refractivity contribution in [1.82, 2.24) is 9.97 Å². The highest BCUT2D eigenvalue weighted by molar-refractivity contribution is 9.10. The Morgan fingerprint density at radius 1 is 1.00 bits per heavy atom. The normalized spacial score (nSPS) is 11.5. The number of carbonyl (C=O) groups excluding carboxylic acids is 1. The first-order chi connectivity index (χ1) is 17.5. The van der Waals surface area contributed by atoms with Gasteiger partial charge in [0.1, 0.15) is 11.5 Å². The average Bonchev–Trinajstić information content (AvgIpc) is 2.89. The second kappa shape index (κ2) is 11.7. The number of nitrogens with two attached hydrogens (primary N) is 1. The molecule has 1 unspecified atom stereocenters. The van der Waals surface area contributed by atoms with Crippen molar-refractivity contribution in [3.63, 3.8) is 0 Å². The SMILES string of the molecule is COc1ccc(OC)c(CCNc2nccc(-c3ccc(C(C(N)=O)c4cccc(Br)c4)cc3)n2)c1. The highest BCUT2D eigenvalue weighted by atomic mass is 79.9. The number of aromatic nitrogens is 2. The summed E-state index contributed by atoms with van der Waals surface area (Å²) in [6, 6.07) is 22.9. The van der Waals surface area contributed by atoms with Gasteiger partial charge in [-0.1, -0.05) is 52.3 Å². The van der Waals surface area contributed by atoms with Crippen LogP contribution in [0.25, 0.3) is 11.3 Å². The molecule has 3 N–H and O–H groups in total. The molecule has 4 rings (SSSR count). The van der Waals surface area contributed by atoms with Crippen LogP contribution in [-0.2, 0) is 11.2 Å². The number of hydrogen-bond acceptors (Lipinski definition) is 6. The van der Waals surface area contributed by atoms with Gasteiger partial charge in [-0.05, 0) is 59.5 Å². The zero-order valence-electron chi connectivity index (χ0n) is 20.1. The molecular weight excluding hydrogens is 520 g/mol. The molecule has 0 radical (unpaired) electrons. The molecule has 184 valence electrons. The Labute approximate surface area is 218 Å². The predicted octanol–water partition coefficient (Wildman–Crippen LogP) is 5.20. The maximum Gasteiger partial charge on any atom is 0.229 e. The lowest BCUT2D eigenvalue weighted by Gasteiger charge is -2.15. The molecule has 0 fully saturated rings. The van der Waals surface area contributed by atoms with Crippen LogP contribution in [0.15, 0.2) is 83.5 Å². The summed E-state index contributed by atoms with van der Waals surface area (Å²) < 4.78 is 11.7. The summed E-state index contributed by atoms with van der Waals surface area (Å²) in [7, 11) is 3.30. The number of methoxy groups -OCH3 is 2. The van der Waals surface area contributed by atoms with Crippen molar-refractivity contribution in [3.8, 4) is 22.8 Å². The van der Waals surface area contributed by atoms with Crippen molar-refractivity contribution in [1.29, 1.82) is 0 Å². The van der Waals surface area contributed by atoms with Crippen molar-refractivity contribution < 1.29 is 14.3 Å². The van der Waals surface area contributed by atoms with Gasteiger partial charge in [-0.3, -0.25) is 4.79 Å². The van der Waals surface area contributed by atoms with Crippen LogP contribution in [0.2, 0.25) is 0 Å². The minimum atomic E-state index is -0.534. The van der Waals surface area contributed by atoms with E-state index in [1.165, 1.54) is 0 Å². The number of ether oxygens (including phenoxy) is 2. The molecular formula is C28H27BrN4O3. The van der Waals surface area contributed by atoms with Crippen LogP contribution in [0.5, 0.6) is 11.5 Å². The summed E-state index contributed by atoms with van der Waals surface area (Å²) in [5.74, 6) is 1.19. The van der Waals surface area contributed by atoms with Gasteiger partial charge >= 0.3 is 0 Å². The second-order valence-electron chi connectivity index (χ2n) is 8.13. The van der Waals surface area contributed by atoms with Gasteiger partial charge in [0.2, 0.25) is 11.9 Å². The van der Waals surface area contributed by atoms with E-state index < -0.39 is 11.8 Å². The van der Waals surface area contributed by atoms with Gasteiger partial charge in [0.15, 0.2) is 0 Å². The fourth-order valence-electron chi connectivity index (χ4n) is 4.04. The lowest BCUT2D eigenvalue weighted by Crippen LogP contribution is -2.22. The summed E-state index contributed by atoms with van der Waals surface area (Å²) in [6.07, 6.45) is 2.44. The lowest BCUT2D eigenvalue weighted by molar-refractivity contribution is -0.118. The molecule has 8 heteroatoms. The monoisotopic (exact) mass is 546 g/mol. The predicted molar refractivity (Wildman–Crippen MR) is 144 cm³/mol. The first kappa shape index (κ1) is 25.2. The molecule has 4 aromatic rings. The number of rotatable bonds is 10. The number of amides is 1. The molecule has 0 aliphatic rings. The Hall–Kier alpha value is -3.91. The van der Waals surface area contributed by atoms with Crippen molar-refractivity contribution >= 4 is 27.8 Å². The van der Waals surface area contributed by atoms with E-state index in [1.54, 1.807) is 20.4 Å². The van der Waals surface area contributed by atoms with Gasteiger partial charge in [-0.15, -0.1) is 0 Å². The Morgan fingerprint density at radius 2 is 1.81 bits per heavy atom. The first-order valence-electron chi connectivity index (χ1n) is 11.4. The van der Waals surface area contributed by atoms with Crippen LogP contribution in [-0.4, -0.2) is 36.6 Å². The molecule has 0 aliphatic carbocycles. The number of halogens is 1. The van der Waals surface area contributed by atoms with Gasteiger partial charge in [-0.25, -0.2) is 9.97 Å². The van der Waals surface area contributed by atoms with E-state index in [4.69, 9.17) is 15.2 Å². The number of hydrogen-bond donors (Lipinski definition) is 2. The van der Waals surface area contributed by atoms with Gasteiger partial charge < -0.3 is 20.5 Å². The van der Waals surface area contributed by atoms with Gasteiger partial charge in [-0.2, -0.15) is 0 Å². The van der Waals surface area contributed by atoms with E-state index in [-0.39, 0.29) is 0 Å². The number of nitrogens with one attached hydrogen (secondary N) is 1. The first-order valence-corrected chi connectivity index (χ1v) is 12.2. The van der Waals surface area contributed by atoms with E-state index in [0.29, 0.717) is 18.9 Å². The van der Waals surface area contributed by atoms with Gasteiger partial charge in [0.05, 0.1) is 25.8 Å². The Kier molecular flexibility index (Phi) is 8.17. The third-order valence-corrected chi connectivity index (χ3v) is 6.32. The summed E-state index contributed by atoms with van der Waals surface area (Å²) >= 11 is 3.46. The van der Waals surface area contributed by atoms with E-state index in [9.17, 15) is 4.79 Å². The zero-order chi connectivity index (χ0) is 25.5.